The topological polar surface area (TPSA) is 61.4 Å². The van der Waals surface area contributed by atoms with Crippen molar-refractivity contribution < 1.29 is 9.59 Å². The molecule has 0 aromatic heterocycles. The van der Waals surface area contributed by atoms with Gasteiger partial charge in [-0.05, 0) is 37.0 Å². The van der Waals surface area contributed by atoms with E-state index in [-0.39, 0.29) is 11.9 Å². The Hall–Kier alpha value is -1.75. The fourth-order valence-electron chi connectivity index (χ4n) is 2.47. The number of carbonyl (C=O) groups excluding carboxylic acids is 2. The monoisotopic (exact) mass is 309 g/mol. The molecule has 0 bridgehead atoms. The summed E-state index contributed by atoms with van der Waals surface area (Å²) in [4.78, 5) is 25.7. The lowest BCUT2D eigenvalue weighted by Gasteiger charge is -2.31. The minimum atomic E-state index is -0.214. The molecule has 1 aromatic carbocycles. The lowest BCUT2D eigenvalue weighted by molar-refractivity contribution is 0.0963. The number of nitrogens with one attached hydrogen (secondary N) is 2. The Morgan fingerprint density at radius 3 is 2.81 bits per heavy atom. The zero-order valence-electron chi connectivity index (χ0n) is 12.3. The molecule has 0 aliphatic carbocycles. The molecule has 1 atom stereocenters. The highest BCUT2D eigenvalue weighted by atomic mass is 35.5. The van der Waals surface area contributed by atoms with Crippen LogP contribution in [0.2, 0.25) is 5.02 Å². The van der Waals surface area contributed by atoms with Gasteiger partial charge in [0.25, 0.3) is 5.91 Å². The van der Waals surface area contributed by atoms with Gasteiger partial charge in [0.15, 0.2) is 0 Å². The third kappa shape index (κ3) is 3.88. The number of hydrogen-bond acceptors (Lipinski definition) is 2. The van der Waals surface area contributed by atoms with Gasteiger partial charge in [0.1, 0.15) is 0 Å². The third-order valence-corrected chi connectivity index (χ3v) is 3.97. The molecule has 2 rings (SSSR count). The highest BCUT2D eigenvalue weighted by molar-refractivity contribution is 6.33. The molecule has 1 saturated heterocycles. The van der Waals surface area contributed by atoms with Crippen LogP contribution in [0.25, 0.3) is 0 Å². The molecule has 0 saturated carbocycles. The second kappa shape index (κ2) is 6.80. The van der Waals surface area contributed by atoms with Gasteiger partial charge in [-0.2, -0.15) is 0 Å². The van der Waals surface area contributed by atoms with Crippen LogP contribution in [0.5, 0.6) is 0 Å². The summed E-state index contributed by atoms with van der Waals surface area (Å²) in [6.45, 7) is 3.64. The van der Waals surface area contributed by atoms with Crippen LogP contribution in [0.4, 0.5) is 10.5 Å². The van der Waals surface area contributed by atoms with Crippen molar-refractivity contribution in [3.05, 3.63) is 28.8 Å². The van der Waals surface area contributed by atoms with Gasteiger partial charge in [0, 0.05) is 25.7 Å². The van der Waals surface area contributed by atoms with Crippen molar-refractivity contribution in [2.45, 2.75) is 19.8 Å². The molecule has 5 nitrogen and oxygen atoms in total. The molecular weight excluding hydrogens is 290 g/mol. The van der Waals surface area contributed by atoms with Crippen LogP contribution < -0.4 is 10.6 Å². The summed E-state index contributed by atoms with van der Waals surface area (Å²) in [5.41, 5.74) is 0.921. The zero-order valence-corrected chi connectivity index (χ0v) is 13.0. The number of rotatable bonds is 2. The van der Waals surface area contributed by atoms with Crippen LogP contribution in [0, 0.1) is 5.92 Å². The maximum atomic E-state index is 12.3. The predicted octanol–water partition coefficient (Wildman–Crippen LogP) is 2.96. The zero-order chi connectivity index (χ0) is 15.4. The Labute approximate surface area is 129 Å². The van der Waals surface area contributed by atoms with Crippen LogP contribution in [0.3, 0.4) is 0 Å². The number of amides is 3. The maximum absolute atomic E-state index is 12.3. The number of anilines is 1. The van der Waals surface area contributed by atoms with Crippen LogP contribution in [-0.4, -0.2) is 37.0 Å². The highest BCUT2D eigenvalue weighted by Gasteiger charge is 2.21. The summed E-state index contributed by atoms with van der Waals surface area (Å²) in [5.74, 6) is 0.297. The van der Waals surface area contributed by atoms with Gasteiger partial charge < -0.3 is 15.5 Å². The van der Waals surface area contributed by atoms with Crippen LogP contribution in [0.1, 0.15) is 30.1 Å². The highest BCUT2D eigenvalue weighted by Crippen LogP contribution is 2.24. The van der Waals surface area contributed by atoms with Crippen LogP contribution in [0.15, 0.2) is 18.2 Å². The molecule has 0 radical (unpaired) electrons. The van der Waals surface area contributed by atoms with E-state index in [2.05, 4.69) is 17.6 Å². The van der Waals surface area contributed by atoms with Crippen molar-refractivity contribution in [3.63, 3.8) is 0 Å². The Morgan fingerprint density at radius 2 is 2.14 bits per heavy atom. The maximum Gasteiger partial charge on any atom is 0.321 e. The van der Waals surface area contributed by atoms with Crippen molar-refractivity contribution in [3.8, 4) is 0 Å². The van der Waals surface area contributed by atoms with E-state index in [0.29, 0.717) is 22.2 Å². The average Bonchev–Trinajstić information content (AvgIpc) is 2.48. The molecule has 0 spiro atoms. The van der Waals surface area contributed by atoms with Crippen molar-refractivity contribution in [2.75, 3.05) is 25.5 Å². The summed E-state index contributed by atoms with van der Waals surface area (Å²) in [6.07, 6.45) is 2.16. The molecular formula is C15H20ClN3O2. The molecule has 2 N–H and O–H groups in total. The predicted molar refractivity (Wildman–Crippen MR) is 83.8 cm³/mol. The van der Waals surface area contributed by atoms with E-state index in [4.69, 9.17) is 11.6 Å². The number of likely N-dealkylation sites (tertiary alicyclic amines) is 1. The lowest BCUT2D eigenvalue weighted by Crippen LogP contribution is -2.41. The number of urea groups is 1. The van der Waals surface area contributed by atoms with Gasteiger partial charge in [0.05, 0.1) is 10.7 Å². The Kier molecular flexibility index (Phi) is 5.07. The van der Waals surface area contributed by atoms with E-state index in [1.807, 2.05) is 0 Å². The molecule has 0 unspecified atom stereocenters. The summed E-state index contributed by atoms with van der Waals surface area (Å²) in [6, 6.07) is 4.66. The summed E-state index contributed by atoms with van der Waals surface area (Å²) in [7, 11) is 1.56. The van der Waals surface area contributed by atoms with Crippen molar-refractivity contribution in [1.82, 2.24) is 10.2 Å². The number of piperidine rings is 1. The van der Waals surface area contributed by atoms with Gasteiger partial charge >= 0.3 is 6.03 Å². The van der Waals surface area contributed by atoms with Crippen molar-refractivity contribution in [1.29, 1.82) is 0 Å². The minimum absolute atomic E-state index is 0.169. The normalized spacial score (nSPS) is 18.2. The molecule has 21 heavy (non-hydrogen) atoms. The number of nitrogens with zero attached hydrogens (tertiary/aromatic N) is 1. The summed E-state index contributed by atoms with van der Waals surface area (Å²) < 4.78 is 0. The SMILES string of the molecule is CNC(=O)c1ccc(Cl)c(NC(=O)N2CCC[C@H](C)C2)c1. The Bertz CT molecular complexity index is 548. The van der Waals surface area contributed by atoms with Gasteiger partial charge in [-0.1, -0.05) is 18.5 Å². The standard InChI is InChI=1S/C15H20ClN3O2/c1-10-4-3-7-19(9-10)15(21)18-13-8-11(14(20)17-2)5-6-12(13)16/h5-6,8,10H,3-4,7,9H2,1-2H3,(H,17,20)(H,18,21)/t10-/m0/s1. The summed E-state index contributed by atoms with van der Waals surface area (Å²) >= 11 is 6.09. The first-order valence-electron chi connectivity index (χ1n) is 7.09. The first kappa shape index (κ1) is 15.6. The van der Waals surface area contributed by atoms with E-state index in [1.54, 1.807) is 30.1 Å². The first-order chi connectivity index (χ1) is 10.0. The number of carbonyl (C=O) groups is 2. The van der Waals surface area contributed by atoms with Crippen molar-refractivity contribution >= 4 is 29.2 Å². The van der Waals surface area contributed by atoms with E-state index in [0.717, 1.165) is 25.9 Å². The van der Waals surface area contributed by atoms with Gasteiger partial charge in [-0.15, -0.1) is 0 Å². The Balaban J connectivity index is 2.11. The van der Waals surface area contributed by atoms with E-state index >= 15 is 0 Å². The molecule has 1 aliphatic rings. The van der Waals surface area contributed by atoms with Gasteiger partial charge in [-0.3, -0.25) is 4.79 Å². The summed E-state index contributed by atoms with van der Waals surface area (Å²) in [5, 5.41) is 5.76. The molecule has 1 fully saturated rings. The fourth-order valence-corrected chi connectivity index (χ4v) is 2.64. The molecule has 114 valence electrons. The fraction of sp³-hybridized carbons (Fsp3) is 0.467. The van der Waals surface area contributed by atoms with Crippen molar-refractivity contribution in [2.24, 2.45) is 5.92 Å². The van der Waals surface area contributed by atoms with Gasteiger partial charge in [-0.25, -0.2) is 4.79 Å². The number of halogens is 1. The van der Waals surface area contributed by atoms with Crippen LogP contribution in [-0.2, 0) is 0 Å². The molecule has 1 aromatic rings. The van der Waals surface area contributed by atoms with Gasteiger partial charge in [0.2, 0.25) is 0 Å². The molecule has 3 amide bonds. The Morgan fingerprint density at radius 1 is 1.38 bits per heavy atom. The molecule has 1 heterocycles. The average molecular weight is 310 g/mol. The quantitative estimate of drug-likeness (QED) is 0.882. The van der Waals surface area contributed by atoms with Crippen LogP contribution >= 0.6 is 11.6 Å². The largest absolute Gasteiger partial charge is 0.355 e. The van der Waals surface area contributed by atoms with E-state index < -0.39 is 0 Å². The molecule has 1 aliphatic heterocycles. The third-order valence-electron chi connectivity index (χ3n) is 3.64. The number of benzene rings is 1. The second-order valence-corrected chi connectivity index (χ2v) is 5.80. The van der Waals surface area contributed by atoms with E-state index in [9.17, 15) is 9.59 Å². The number of hydrogen-bond donors (Lipinski definition) is 2. The lowest BCUT2D eigenvalue weighted by atomic mass is 10.0. The molecule has 6 heteroatoms. The minimum Gasteiger partial charge on any atom is -0.355 e. The first-order valence-corrected chi connectivity index (χ1v) is 7.46. The smallest absolute Gasteiger partial charge is 0.321 e. The second-order valence-electron chi connectivity index (χ2n) is 5.40. The van der Waals surface area contributed by atoms with E-state index in [1.165, 1.54) is 0 Å².